The van der Waals surface area contributed by atoms with Crippen LogP contribution in [0.5, 0.6) is 0 Å². The summed E-state index contributed by atoms with van der Waals surface area (Å²) in [6.45, 7) is 0.342. The van der Waals surface area contributed by atoms with Crippen molar-refractivity contribution < 1.29 is 25.1 Å². The Morgan fingerprint density at radius 2 is 2.14 bits per heavy atom. The van der Waals surface area contributed by atoms with Crippen molar-refractivity contribution in [3.63, 3.8) is 0 Å². The molecule has 0 saturated carbocycles. The van der Waals surface area contributed by atoms with Crippen molar-refractivity contribution in [1.29, 1.82) is 5.26 Å². The maximum atomic E-state index is 11.8. The maximum Gasteiger partial charge on any atom is 0.230 e. The first-order chi connectivity index (χ1) is 10.1. The zero-order valence-electron chi connectivity index (χ0n) is 11.4. The highest BCUT2D eigenvalue weighted by Crippen LogP contribution is 2.13. The van der Waals surface area contributed by atoms with Gasteiger partial charge < -0.3 is 25.6 Å². The molecule has 0 aliphatic heterocycles. The van der Waals surface area contributed by atoms with Crippen molar-refractivity contribution in [2.24, 2.45) is 0 Å². The second-order valence-electron chi connectivity index (χ2n) is 4.44. The zero-order chi connectivity index (χ0) is 15.7. The molecule has 0 spiro atoms. The number of carbonyl (C=O) groups excluding carboxylic acids is 2. The van der Waals surface area contributed by atoms with E-state index in [-0.39, 0.29) is 13.0 Å². The number of carboxylic acid groups (broad SMARTS) is 1. The number of hydrogen-bond acceptors (Lipinski definition) is 5. The summed E-state index contributed by atoms with van der Waals surface area (Å²) in [4.78, 5) is 22.8. The van der Waals surface area contributed by atoms with Crippen LogP contribution in [0.4, 0.5) is 5.69 Å². The Bertz CT molecular complexity index is 539. The maximum absolute atomic E-state index is 11.8. The number of nitriles is 1. The molecule has 0 unspecified atom stereocenters. The Morgan fingerprint density at radius 3 is 2.76 bits per heavy atom. The van der Waals surface area contributed by atoms with Crippen LogP contribution in [-0.2, 0) is 9.59 Å². The Balaban J connectivity index is 2.62. The van der Waals surface area contributed by atoms with Crippen LogP contribution in [0.1, 0.15) is 18.4 Å². The molecule has 1 amide bonds. The summed E-state index contributed by atoms with van der Waals surface area (Å²) in [5.74, 6) is -1.84. The molecule has 21 heavy (non-hydrogen) atoms. The molecule has 0 heterocycles. The van der Waals surface area contributed by atoms with E-state index in [2.05, 4.69) is 5.32 Å². The number of nitrogens with two attached hydrogens (primary N) is 1. The SMILES string of the molecule is N#Cc1ccccc1NC(=O)C[C@@H]([NH2+]CCCO)C(=O)[O-]. The largest absolute Gasteiger partial charge is 0.544 e. The average Bonchev–Trinajstić information content (AvgIpc) is 2.46. The van der Waals surface area contributed by atoms with Gasteiger partial charge >= 0.3 is 0 Å². The smallest absolute Gasteiger partial charge is 0.230 e. The second-order valence-corrected chi connectivity index (χ2v) is 4.44. The summed E-state index contributed by atoms with van der Waals surface area (Å²) in [6, 6.07) is 7.38. The molecule has 0 fully saturated rings. The van der Waals surface area contributed by atoms with Crippen LogP contribution >= 0.6 is 0 Å². The van der Waals surface area contributed by atoms with Crippen LogP contribution in [0.15, 0.2) is 24.3 Å². The van der Waals surface area contributed by atoms with E-state index in [1.165, 1.54) is 5.32 Å². The standard InChI is InChI=1S/C14H17N3O4/c15-9-10-4-1-2-5-11(10)17-13(19)8-12(14(20)21)16-6-3-7-18/h1-2,4-5,12,16,18H,3,6-8H2,(H,17,19)(H,20,21)/t12-/m1/s1. The molecular weight excluding hydrogens is 274 g/mol. The van der Waals surface area contributed by atoms with E-state index in [1.807, 2.05) is 6.07 Å². The minimum Gasteiger partial charge on any atom is -0.544 e. The molecule has 7 heteroatoms. The Labute approximate surface area is 122 Å². The molecule has 1 atom stereocenters. The number of amides is 1. The van der Waals surface area contributed by atoms with Gasteiger partial charge in [-0.25, -0.2) is 0 Å². The Morgan fingerprint density at radius 1 is 1.43 bits per heavy atom. The van der Waals surface area contributed by atoms with Gasteiger partial charge in [0.2, 0.25) is 5.91 Å². The van der Waals surface area contributed by atoms with Gasteiger partial charge in [0.25, 0.3) is 0 Å². The number of carboxylic acids is 1. The summed E-state index contributed by atoms with van der Waals surface area (Å²) in [7, 11) is 0. The first kappa shape index (κ1) is 16.6. The molecule has 0 saturated heterocycles. The number of aliphatic carboxylic acids is 1. The van der Waals surface area contributed by atoms with Crippen molar-refractivity contribution in [1.82, 2.24) is 0 Å². The number of nitrogens with zero attached hydrogens (tertiary/aromatic N) is 1. The van der Waals surface area contributed by atoms with Gasteiger partial charge in [-0.15, -0.1) is 0 Å². The molecule has 0 aliphatic rings. The van der Waals surface area contributed by atoms with Gasteiger partial charge in [-0.05, 0) is 12.1 Å². The highest BCUT2D eigenvalue weighted by Gasteiger charge is 2.18. The lowest BCUT2D eigenvalue weighted by Gasteiger charge is -2.16. The fraction of sp³-hybridized carbons (Fsp3) is 0.357. The third-order valence-corrected chi connectivity index (χ3v) is 2.84. The number of carbonyl (C=O) groups is 2. The number of anilines is 1. The average molecular weight is 291 g/mol. The van der Waals surface area contributed by atoms with Crippen LogP contribution in [0.3, 0.4) is 0 Å². The molecule has 0 bridgehead atoms. The normalized spacial score (nSPS) is 11.4. The molecule has 0 radical (unpaired) electrons. The number of benzene rings is 1. The van der Waals surface area contributed by atoms with Crippen LogP contribution in [-0.4, -0.2) is 36.2 Å². The van der Waals surface area contributed by atoms with Gasteiger partial charge in [-0.1, -0.05) is 12.1 Å². The van der Waals surface area contributed by atoms with E-state index in [9.17, 15) is 14.7 Å². The molecule has 4 N–H and O–H groups in total. The number of aliphatic hydroxyl groups is 1. The Kier molecular flexibility index (Phi) is 6.87. The topological polar surface area (TPSA) is 130 Å². The summed E-state index contributed by atoms with van der Waals surface area (Å²) < 4.78 is 0. The molecular formula is C14H17N3O4. The second kappa shape index (κ2) is 8.68. The van der Waals surface area contributed by atoms with Crippen molar-refractivity contribution in [2.45, 2.75) is 18.9 Å². The van der Waals surface area contributed by atoms with Crippen molar-refractivity contribution in [2.75, 3.05) is 18.5 Å². The summed E-state index contributed by atoms with van der Waals surface area (Å²) in [6.07, 6.45) is 0.163. The first-order valence-corrected chi connectivity index (χ1v) is 6.52. The third-order valence-electron chi connectivity index (χ3n) is 2.84. The summed E-state index contributed by atoms with van der Waals surface area (Å²) in [5, 5.41) is 32.5. The number of aliphatic hydroxyl groups excluding tert-OH is 1. The molecule has 112 valence electrons. The van der Waals surface area contributed by atoms with Gasteiger partial charge in [0.1, 0.15) is 12.1 Å². The molecule has 0 aromatic heterocycles. The van der Waals surface area contributed by atoms with E-state index in [0.29, 0.717) is 24.2 Å². The van der Waals surface area contributed by atoms with Crippen LogP contribution in [0.25, 0.3) is 0 Å². The van der Waals surface area contributed by atoms with Crippen LogP contribution in [0.2, 0.25) is 0 Å². The van der Waals surface area contributed by atoms with Crippen LogP contribution in [0, 0.1) is 11.3 Å². The number of quaternary nitrogens is 1. The monoisotopic (exact) mass is 291 g/mol. The van der Waals surface area contributed by atoms with Crippen LogP contribution < -0.4 is 15.7 Å². The van der Waals surface area contributed by atoms with Gasteiger partial charge in [0.05, 0.1) is 30.2 Å². The van der Waals surface area contributed by atoms with Gasteiger partial charge in [0.15, 0.2) is 0 Å². The van der Waals surface area contributed by atoms with Crippen molar-refractivity contribution in [3.05, 3.63) is 29.8 Å². The number of nitrogens with one attached hydrogen (secondary N) is 1. The highest BCUT2D eigenvalue weighted by atomic mass is 16.4. The fourth-order valence-electron chi connectivity index (χ4n) is 1.76. The molecule has 1 rings (SSSR count). The van der Waals surface area contributed by atoms with E-state index >= 15 is 0 Å². The summed E-state index contributed by atoms with van der Waals surface area (Å²) in [5.41, 5.74) is 0.651. The number of para-hydroxylation sites is 1. The van der Waals surface area contributed by atoms with E-state index in [4.69, 9.17) is 10.4 Å². The number of rotatable bonds is 8. The lowest BCUT2D eigenvalue weighted by atomic mass is 10.1. The van der Waals surface area contributed by atoms with Crippen molar-refractivity contribution >= 4 is 17.6 Å². The minimum absolute atomic E-state index is 0.0436. The lowest BCUT2D eigenvalue weighted by Crippen LogP contribution is -2.93. The molecule has 1 aromatic carbocycles. The summed E-state index contributed by atoms with van der Waals surface area (Å²) >= 11 is 0. The third kappa shape index (κ3) is 5.60. The molecule has 1 aromatic rings. The van der Waals surface area contributed by atoms with E-state index < -0.39 is 17.9 Å². The Hall–Kier alpha value is -2.43. The minimum atomic E-state index is -1.34. The predicted molar refractivity (Wildman–Crippen MR) is 71.7 cm³/mol. The van der Waals surface area contributed by atoms with Gasteiger partial charge in [-0.2, -0.15) is 5.26 Å². The van der Waals surface area contributed by atoms with Crippen molar-refractivity contribution in [3.8, 4) is 6.07 Å². The lowest BCUT2D eigenvalue weighted by molar-refractivity contribution is -0.682. The molecule has 7 nitrogen and oxygen atoms in total. The first-order valence-electron chi connectivity index (χ1n) is 6.52. The highest BCUT2D eigenvalue weighted by molar-refractivity contribution is 5.94. The van der Waals surface area contributed by atoms with Gasteiger partial charge in [-0.3, -0.25) is 4.79 Å². The van der Waals surface area contributed by atoms with E-state index in [1.54, 1.807) is 24.3 Å². The fourth-order valence-corrected chi connectivity index (χ4v) is 1.76. The van der Waals surface area contributed by atoms with Gasteiger partial charge in [0, 0.05) is 13.0 Å². The predicted octanol–water partition coefficient (Wildman–Crippen LogP) is -2.05. The van der Waals surface area contributed by atoms with E-state index in [0.717, 1.165) is 0 Å². The zero-order valence-corrected chi connectivity index (χ0v) is 11.4. The quantitative estimate of drug-likeness (QED) is 0.475. The molecule has 0 aliphatic carbocycles. The number of hydrogen-bond donors (Lipinski definition) is 3.